The molecule has 3 nitrogen and oxygen atoms in total. The van der Waals surface area contributed by atoms with E-state index < -0.39 is 0 Å². The van der Waals surface area contributed by atoms with Crippen molar-refractivity contribution < 1.29 is 9.18 Å². The number of fused-ring (bicyclic) bond motifs is 2. The number of carbonyl (C=O) groups is 1. The van der Waals surface area contributed by atoms with E-state index in [9.17, 15) is 9.18 Å². The third-order valence-electron chi connectivity index (χ3n) is 5.78. The van der Waals surface area contributed by atoms with Gasteiger partial charge in [-0.05, 0) is 86.0 Å². The zero-order valence-electron chi connectivity index (χ0n) is 17.7. The van der Waals surface area contributed by atoms with Gasteiger partial charge >= 0.3 is 0 Å². The van der Waals surface area contributed by atoms with E-state index in [0.29, 0.717) is 17.1 Å². The second kappa shape index (κ2) is 9.63. The van der Waals surface area contributed by atoms with Crippen LogP contribution in [0.1, 0.15) is 27.9 Å². The third kappa shape index (κ3) is 5.15. The summed E-state index contributed by atoms with van der Waals surface area (Å²) in [7, 11) is 1.97. The van der Waals surface area contributed by atoms with Gasteiger partial charge in [0.25, 0.3) is 0 Å². The van der Waals surface area contributed by atoms with Crippen LogP contribution in [0, 0.1) is 5.82 Å². The van der Waals surface area contributed by atoms with Gasteiger partial charge in [-0.25, -0.2) is 4.39 Å². The molecular weight excluding hydrogens is 411 g/mol. The zero-order chi connectivity index (χ0) is 21.8. The van der Waals surface area contributed by atoms with Crippen molar-refractivity contribution in [2.75, 3.05) is 31.6 Å². The number of halogens is 2. The molecule has 160 valence electrons. The summed E-state index contributed by atoms with van der Waals surface area (Å²) in [5, 5.41) is 0.628. The molecule has 31 heavy (non-hydrogen) atoms. The molecule has 1 heterocycles. The lowest BCUT2D eigenvalue weighted by Gasteiger charge is -2.28. The second-order valence-corrected chi connectivity index (χ2v) is 8.51. The Morgan fingerprint density at radius 3 is 2.52 bits per heavy atom. The number of rotatable bonds is 7. The first-order valence-corrected chi connectivity index (χ1v) is 11.0. The summed E-state index contributed by atoms with van der Waals surface area (Å²) in [6.45, 7) is 1.95. The Morgan fingerprint density at radius 1 is 1.00 bits per heavy atom. The minimum absolute atomic E-state index is 0.0834. The average Bonchev–Trinajstić information content (AvgIpc) is 2.91. The highest BCUT2D eigenvalue weighted by Crippen LogP contribution is 2.36. The number of likely N-dealkylation sites (N-methyl/N-ethyl adjacent to an activating group) is 1. The molecule has 1 aliphatic rings. The van der Waals surface area contributed by atoms with Gasteiger partial charge in [-0.1, -0.05) is 29.8 Å². The maximum absolute atomic E-state index is 13.9. The lowest BCUT2D eigenvalue weighted by atomic mass is 10.0. The van der Waals surface area contributed by atoms with Gasteiger partial charge in [-0.15, -0.1) is 0 Å². The van der Waals surface area contributed by atoms with Crippen molar-refractivity contribution in [1.29, 1.82) is 0 Å². The van der Waals surface area contributed by atoms with Gasteiger partial charge in [0.15, 0.2) is 5.78 Å². The highest BCUT2D eigenvalue weighted by molar-refractivity contribution is 6.30. The Balaban J connectivity index is 1.43. The number of hydrogen-bond donors (Lipinski definition) is 0. The number of Topliss-reactive ketones (excluding diaryl/α,β-unsaturated/α-hetero) is 1. The lowest BCUT2D eigenvalue weighted by Crippen LogP contribution is -2.29. The Bertz CT molecular complexity index is 1070. The van der Waals surface area contributed by atoms with Gasteiger partial charge < -0.3 is 4.90 Å². The Morgan fingerprint density at radius 2 is 1.71 bits per heavy atom. The van der Waals surface area contributed by atoms with Crippen LogP contribution in [0.4, 0.5) is 15.8 Å². The maximum Gasteiger partial charge on any atom is 0.176 e. The molecule has 0 aliphatic carbocycles. The first kappa shape index (κ1) is 21.5. The monoisotopic (exact) mass is 436 g/mol. The smallest absolute Gasteiger partial charge is 0.176 e. The van der Waals surface area contributed by atoms with Crippen LogP contribution in [0.5, 0.6) is 0 Å². The molecule has 0 aromatic heterocycles. The van der Waals surface area contributed by atoms with E-state index in [1.54, 1.807) is 30.3 Å². The summed E-state index contributed by atoms with van der Waals surface area (Å²) in [6, 6.07) is 20.5. The highest BCUT2D eigenvalue weighted by Gasteiger charge is 2.21. The molecule has 0 unspecified atom stereocenters. The van der Waals surface area contributed by atoms with Crippen LogP contribution in [0.15, 0.2) is 66.7 Å². The minimum atomic E-state index is -0.190. The molecule has 4 rings (SSSR count). The van der Waals surface area contributed by atoms with Crippen molar-refractivity contribution in [3.05, 3.63) is 94.3 Å². The van der Waals surface area contributed by atoms with Crippen LogP contribution >= 0.6 is 11.6 Å². The van der Waals surface area contributed by atoms with Crippen LogP contribution in [-0.2, 0) is 12.8 Å². The van der Waals surface area contributed by atoms with Crippen molar-refractivity contribution in [1.82, 2.24) is 4.90 Å². The van der Waals surface area contributed by atoms with E-state index in [2.05, 4.69) is 29.2 Å². The quantitative estimate of drug-likeness (QED) is 0.429. The second-order valence-electron chi connectivity index (χ2n) is 8.07. The molecule has 3 aromatic rings. The van der Waals surface area contributed by atoms with Crippen molar-refractivity contribution in [2.45, 2.75) is 19.3 Å². The maximum atomic E-state index is 13.9. The van der Waals surface area contributed by atoms with Gasteiger partial charge in [0.05, 0.1) is 6.54 Å². The van der Waals surface area contributed by atoms with Gasteiger partial charge in [-0.2, -0.15) is 0 Å². The van der Waals surface area contributed by atoms with E-state index in [0.717, 1.165) is 43.6 Å². The van der Waals surface area contributed by atoms with Crippen molar-refractivity contribution in [2.24, 2.45) is 0 Å². The summed E-state index contributed by atoms with van der Waals surface area (Å²) in [5.41, 5.74) is 5.26. The average molecular weight is 437 g/mol. The Labute approximate surface area is 188 Å². The topological polar surface area (TPSA) is 23.6 Å². The summed E-state index contributed by atoms with van der Waals surface area (Å²) < 4.78 is 13.9. The number of para-hydroxylation sites is 1. The van der Waals surface area contributed by atoms with E-state index in [1.807, 2.05) is 18.0 Å². The molecule has 0 atom stereocenters. The minimum Gasteiger partial charge on any atom is -0.341 e. The van der Waals surface area contributed by atoms with Crippen LogP contribution in [-0.4, -0.2) is 37.4 Å². The molecule has 0 bridgehead atoms. The van der Waals surface area contributed by atoms with Gasteiger partial charge in [0.2, 0.25) is 0 Å². The number of anilines is 2. The molecule has 5 heteroatoms. The predicted molar refractivity (Wildman–Crippen MR) is 125 cm³/mol. The van der Waals surface area contributed by atoms with Crippen LogP contribution in [0.3, 0.4) is 0 Å². The summed E-state index contributed by atoms with van der Waals surface area (Å²) in [4.78, 5) is 16.9. The third-order valence-corrected chi connectivity index (χ3v) is 6.03. The standard InChI is InChI=1S/C26H26ClFN2O/c1-29(18-26(31)20-9-11-22(27)12-10-20)15-4-16-30-24-6-3-2-5-19(24)7-8-21-17-23(28)13-14-25(21)30/h2-3,5-6,9-14,17H,4,7-8,15-16,18H2,1H3. The summed E-state index contributed by atoms with van der Waals surface area (Å²) in [6.07, 6.45) is 2.62. The normalized spacial score (nSPS) is 13.0. The first-order valence-electron chi connectivity index (χ1n) is 10.6. The Hall–Kier alpha value is -2.69. The van der Waals surface area contributed by atoms with E-state index in [-0.39, 0.29) is 11.6 Å². The summed E-state index contributed by atoms with van der Waals surface area (Å²) >= 11 is 5.91. The number of nitrogens with zero attached hydrogens (tertiary/aromatic N) is 2. The molecule has 0 saturated carbocycles. The summed E-state index contributed by atoms with van der Waals surface area (Å²) in [5.74, 6) is -0.106. The molecule has 1 aliphatic heterocycles. The van der Waals surface area contributed by atoms with E-state index in [4.69, 9.17) is 11.6 Å². The number of carbonyl (C=O) groups excluding carboxylic acids is 1. The fourth-order valence-electron chi connectivity index (χ4n) is 4.19. The fraction of sp³-hybridized carbons (Fsp3) is 0.269. The van der Waals surface area contributed by atoms with Gasteiger partial charge in [-0.3, -0.25) is 9.69 Å². The van der Waals surface area contributed by atoms with E-state index >= 15 is 0 Å². The van der Waals surface area contributed by atoms with Gasteiger partial charge in [0, 0.05) is 35.1 Å². The predicted octanol–water partition coefficient (Wildman–Crippen LogP) is 5.92. The van der Waals surface area contributed by atoms with Crippen LogP contribution in [0.2, 0.25) is 5.02 Å². The number of ketones is 1. The largest absolute Gasteiger partial charge is 0.341 e. The molecule has 3 aromatic carbocycles. The zero-order valence-corrected chi connectivity index (χ0v) is 18.4. The number of hydrogen-bond acceptors (Lipinski definition) is 3. The highest BCUT2D eigenvalue weighted by atomic mass is 35.5. The van der Waals surface area contributed by atoms with Crippen molar-refractivity contribution in [3.8, 4) is 0 Å². The van der Waals surface area contributed by atoms with Crippen LogP contribution < -0.4 is 4.90 Å². The molecule has 0 amide bonds. The molecule has 0 spiro atoms. The molecule has 0 fully saturated rings. The molecule has 0 saturated heterocycles. The number of aryl methyl sites for hydroxylation is 2. The molecule has 0 N–H and O–H groups in total. The van der Waals surface area contributed by atoms with Crippen LogP contribution in [0.25, 0.3) is 0 Å². The fourth-order valence-corrected chi connectivity index (χ4v) is 4.32. The first-order chi connectivity index (χ1) is 15.0. The van der Waals surface area contributed by atoms with Gasteiger partial charge in [0.1, 0.15) is 5.82 Å². The molecule has 0 radical (unpaired) electrons. The lowest BCUT2D eigenvalue weighted by molar-refractivity contribution is 0.0946. The molecular formula is C26H26ClFN2O. The number of benzene rings is 3. The Kier molecular flexibility index (Phi) is 6.69. The van der Waals surface area contributed by atoms with E-state index in [1.165, 1.54) is 17.3 Å². The van der Waals surface area contributed by atoms with Crippen molar-refractivity contribution in [3.63, 3.8) is 0 Å². The SMILES string of the molecule is CN(CCCN1c2ccccc2CCc2cc(F)ccc21)CC(=O)c1ccc(Cl)cc1. The van der Waals surface area contributed by atoms with Crippen molar-refractivity contribution >= 4 is 28.8 Å².